The molecule has 0 saturated heterocycles. The number of hydrogen-bond acceptors (Lipinski definition) is 5. The number of rotatable bonds is 18. The average molecular weight is 400 g/mol. The highest BCUT2D eigenvalue weighted by atomic mass is 79.9. The Morgan fingerprint density at radius 3 is 1.43 bits per heavy atom. The second-order valence-electron chi connectivity index (χ2n) is 5.71. The van der Waals surface area contributed by atoms with Gasteiger partial charge in [-0.2, -0.15) is 0 Å². The van der Waals surface area contributed by atoms with Crippen molar-refractivity contribution < 1.29 is 19.9 Å². The Hall–Kier alpha value is 0.280. The summed E-state index contributed by atoms with van der Waals surface area (Å²) in [6.45, 7) is 3.32. The monoisotopic (exact) mass is 399 g/mol. The number of hydroxylamine groups is 2. The van der Waals surface area contributed by atoms with Crippen molar-refractivity contribution in [1.29, 1.82) is 0 Å². The summed E-state index contributed by atoms with van der Waals surface area (Å²) in [5.74, 6) is 0. The summed E-state index contributed by atoms with van der Waals surface area (Å²) in [5.41, 5.74) is 0. The van der Waals surface area contributed by atoms with Gasteiger partial charge in [0.25, 0.3) is 0 Å². The number of nitrogens with zero attached hydrogens (tertiary/aromatic N) is 1. The van der Waals surface area contributed by atoms with Crippen LogP contribution in [-0.4, -0.2) is 48.4 Å². The van der Waals surface area contributed by atoms with Gasteiger partial charge in [0.05, 0.1) is 33.0 Å². The van der Waals surface area contributed by atoms with Crippen LogP contribution in [0.5, 0.6) is 0 Å². The van der Waals surface area contributed by atoms with E-state index in [0.29, 0.717) is 6.54 Å². The highest BCUT2D eigenvalue weighted by Gasteiger charge is 2.05. The maximum absolute atomic E-state index is 8.74. The highest BCUT2D eigenvalue weighted by Crippen LogP contribution is 2.11. The van der Waals surface area contributed by atoms with Gasteiger partial charge in [0, 0.05) is 0 Å². The van der Waals surface area contributed by atoms with Crippen molar-refractivity contribution in [1.82, 2.24) is 5.23 Å². The van der Waals surface area contributed by atoms with Crippen molar-refractivity contribution >= 4 is 17.0 Å². The van der Waals surface area contributed by atoms with Crippen molar-refractivity contribution in [2.24, 2.45) is 0 Å². The van der Waals surface area contributed by atoms with Crippen LogP contribution in [0.25, 0.3) is 0 Å². The number of halogens is 1. The van der Waals surface area contributed by atoms with Crippen LogP contribution in [0.15, 0.2) is 0 Å². The summed E-state index contributed by atoms with van der Waals surface area (Å²) < 4.78 is 0. The molecule has 0 rings (SSSR count). The van der Waals surface area contributed by atoms with E-state index in [1.165, 1.54) is 63.0 Å². The van der Waals surface area contributed by atoms with Crippen LogP contribution in [0.2, 0.25) is 0 Å². The molecule has 0 unspecified atom stereocenters. The maximum Gasteiger partial charge on any atom is 0.0942 e. The van der Waals surface area contributed by atoms with E-state index in [4.69, 9.17) is 19.9 Å². The first-order chi connectivity index (χ1) is 10.8. The van der Waals surface area contributed by atoms with Crippen LogP contribution in [0.1, 0.15) is 77.6 Å². The molecule has 0 aromatic heterocycles. The first kappa shape index (κ1) is 25.5. The van der Waals surface area contributed by atoms with Crippen LogP contribution in [0.3, 0.4) is 0 Å². The van der Waals surface area contributed by atoms with Crippen LogP contribution in [-0.2, 0) is 9.68 Å². The first-order valence-electron chi connectivity index (χ1n) is 9.10. The summed E-state index contributed by atoms with van der Waals surface area (Å²) in [6.07, 6.45) is 14.3. The molecule has 2 N–H and O–H groups in total. The van der Waals surface area contributed by atoms with Crippen LogP contribution in [0, 0.1) is 0 Å². The molecule has 0 radical (unpaired) electrons. The van der Waals surface area contributed by atoms with Crippen molar-refractivity contribution in [3.05, 3.63) is 0 Å². The molecular weight excluding hydrogens is 362 g/mol. The molecule has 0 saturated carbocycles. The Labute approximate surface area is 153 Å². The third-order valence-corrected chi connectivity index (χ3v) is 3.60. The zero-order valence-corrected chi connectivity index (χ0v) is 16.6. The Kier molecular flexibility index (Phi) is 24.7. The molecule has 0 spiro atoms. The van der Waals surface area contributed by atoms with Crippen LogP contribution < -0.4 is 0 Å². The SMILES string of the molecule is Br.CCCCCCCCCCCCCN(OCCO)OCCO. The van der Waals surface area contributed by atoms with Gasteiger partial charge in [0.15, 0.2) is 0 Å². The predicted molar refractivity (Wildman–Crippen MR) is 99.6 cm³/mol. The summed E-state index contributed by atoms with van der Waals surface area (Å²) in [6, 6.07) is 0. The predicted octanol–water partition coefficient (Wildman–Crippen LogP) is 4.03. The van der Waals surface area contributed by atoms with Crippen LogP contribution in [0.4, 0.5) is 0 Å². The van der Waals surface area contributed by atoms with Gasteiger partial charge in [-0.1, -0.05) is 76.4 Å². The standard InChI is InChI=1S/C17H37NO4.BrH/c1-2-3-4-5-6-7-8-9-10-11-12-13-18(21-16-14-19)22-17-15-20;/h19-20H,2-17H2,1H3;1H. The van der Waals surface area contributed by atoms with Crippen molar-refractivity contribution in [3.8, 4) is 0 Å². The molecule has 0 aliphatic rings. The number of aliphatic hydroxyl groups is 2. The minimum absolute atomic E-state index is 0. The summed E-state index contributed by atoms with van der Waals surface area (Å²) in [7, 11) is 0. The third kappa shape index (κ3) is 20.2. The van der Waals surface area contributed by atoms with E-state index in [0.717, 1.165) is 12.8 Å². The Morgan fingerprint density at radius 1 is 0.652 bits per heavy atom. The van der Waals surface area contributed by atoms with Crippen molar-refractivity contribution in [2.75, 3.05) is 33.0 Å². The summed E-state index contributed by atoms with van der Waals surface area (Å²) in [4.78, 5) is 10.5. The molecule has 0 amide bonds. The molecule has 0 bridgehead atoms. The fourth-order valence-corrected chi connectivity index (χ4v) is 2.36. The number of aliphatic hydroxyl groups excluding tert-OH is 2. The van der Waals surface area contributed by atoms with Crippen LogP contribution >= 0.6 is 17.0 Å². The zero-order chi connectivity index (χ0) is 16.3. The van der Waals surface area contributed by atoms with Gasteiger partial charge in [-0.3, -0.25) is 9.68 Å². The van der Waals surface area contributed by atoms with Gasteiger partial charge in [0.2, 0.25) is 0 Å². The zero-order valence-electron chi connectivity index (χ0n) is 14.9. The molecule has 142 valence electrons. The normalized spacial score (nSPS) is 11.0. The third-order valence-electron chi connectivity index (χ3n) is 3.60. The topological polar surface area (TPSA) is 62.2 Å². The lowest BCUT2D eigenvalue weighted by molar-refractivity contribution is -0.371. The molecule has 0 aliphatic carbocycles. The van der Waals surface area contributed by atoms with E-state index in [1.807, 2.05) is 0 Å². The minimum Gasteiger partial charge on any atom is -0.394 e. The second-order valence-corrected chi connectivity index (χ2v) is 5.71. The Morgan fingerprint density at radius 2 is 1.04 bits per heavy atom. The van der Waals surface area contributed by atoms with E-state index in [1.54, 1.807) is 0 Å². The van der Waals surface area contributed by atoms with Gasteiger partial charge in [0.1, 0.15) is 0 Å². The molecule has 5 nitrogen and oxygen atoms in total. The molecule has 23 heavy (non-hydrogen) atoms. The largest absolute Gasteiger partial charge is 0.394 e. The molecule has 0 atom stereocenters. The molecule has 0 aliphatic heterocycles. The van der Waals surface area contributed by atoms with Crippen molar-refractivity contribution in [2.45, 2.75) is 77.6 Å². The molecular formula is C17H38BrNO4. The van der Waals surface area contributed by atoms with Gasteiger partial charge in [-0.25, -0.2) is 0 Å². The molecule has 0 aromatic rings. The van der Waals surface area contributed by atoms with E-state index in [9.17, 15) is 0 Å². The van der Waals surface area contributed by atoms with E-state index < -0.39 is 0 Å². The van der Waals surface area contributed by atoms with Gasteiger partial charge in [-0.05, 0) is 6.42 Å². The number of hydrogen-bond donors (Lipinski definition) is 2. The molecule has 0 fully saturated rings. The van der Waals surface area contributed by atoms with E-state index in [2.05, 4.69) is 6.92 Å². The quantitative estimate of drug-likeness (QED) is 0.269. The fraction of sp³-hybridized carbons (Fsp3) is 1.00. The molecule has 0 heterocycles. The smallest absolute Gasteiger partial charge is 0.0942 e. The lowest BCUT2D eigenvalue weighted by Gasteiger charge is -2.20. The average Bonchev–Trinajstić information content (AvgIpc) is 2.54. The van der Waals surface area contributed by atoms with Gasteiger partial charge in [-0.15, -0.1) is 17.0 Å². The van der Waals surface area contributed by atoms with E-state index in [-0.39, 0.29) is 43.4 Å². The second kappa shape index (κ2) is 22.3. The molecule has 6 heteroatoms. The first-order valence-corrected chi connectivity index (χ1v) is 9.10. The van der Waals surface area contributed by atoms with E-state index >= 15 is 0 Å². The fourth-order valence-electron chi connectivity index (χ4n) is 2.36. The summed E-state index contributed by atoms with van der Waals surface area (Å²) >= 11 is 0. The lowest BCUT2D eigenvalue weighted by atomic mass is 10.1. The molecule has 0 aromatic carbocycles. The Bertz CT molecular complexity index is 203. The Balaban J connectivity index is 0. The minimum atomic E-state index is -0.0305. The van der Waals surface area contributed by atoms with Crippen molar-refractivity contribution in [3.63, 3.8) is 0 Å². The lowest BCUT2D eigenvalue weighted by Crippen LogP contribution is -2.28. The highest BCUT2D eigenvalue weighted by molar-refractivity contribution is 8.93. The number of unbranched alkanes of at least 4 members (excludes halogenated alkanes) is 10. The summed E-state index contributed by atoms with van der Waals surface area (Å²) in [5, 5.41) is 18.9. The van der Waals surface area contributed by atoms with Gasteiger partial charge < -0.3 is 10.2 Å². The van der Waals surface area contributed by atoms with Gasteiger partial charge >= 0.3 is 0 Å². The maximum atomic E-state index is 8.74.